The molecule has 4 atom stereocenters. The highest BCUT2D eigenvalue weighted by Crippen LogP contribution is 2.54. The van der Waals surface area contributed by atoms with Crippen LogP contribution in [0.4, 0.5) is 10.1 Å². The Morgan fingerprint density at radius 2 is 1.69 bits per heavy atom. The van der Waals surface area contributed by atoms with Crippen molar-refractivity contribution in [1.29, 1.82) is 0 Å². The van der Waals surface area contributed by atoms with E-state index in [-0.39, 0.29) is 36.4 Å². The summed E-state index contributed by atoms with van der Waals surface area (Å²) in [5, 5.41) is 10.4. The minimum atomic E-state index is -3.94. The lowest BCUT2D eigenvalue weighted by molar-refractivity contribution is -0.160. The van der Waals surface area contributed by atoms with Crippen molar-refractivity contribution in [3.63, 3.8) is 0 Å². The van der Waals surface area contributed by atoms with Crippen molar-refractivity contribution in [1.82, 2.24) is 4.90 Å². The summed E-state index contributed by atoms with van der Waals surface area (Å²) < 4.78 is 44.3. The molecule has 0 spiro atoms. The molecule has 238 valence electrons. The molecule has 3 aliphatic rings. The van der Waals surface area contributed by atoms with Gasteiger partial charge in [0.2, 0.25) is 15.9 Å². The standard InChI is InChI=1S/C34H35Cl2FN2O5S/c1-34(19-31(40)41)18-27(23-5-4-6-25(36)17-23)32(22-11-13-24(35)14-12-22)39(33(34)42)30(21-9-10-21)20-38(45(43,44)26-15-16-26)29-8-3-2-7-28(29)37/h2-8,11-14,17,21,26-27,30,32H,9-10,15-16,18-20H2,1H3,(H,40,41)/t27-,30-,32?,34-/m1/s1. The summed E-state index contributed by atoms with van der Waals surface area (Å²) in [4.78, 5) is 28.7. The fourth-order valence-corrected chi connectivity index (χ4v) is 9.10. The van der Waals surface area contributed by atoms with E-state index in [0.29, 0.717) is 22.9 Å². The maximum Gasteiger partial charge on any atom is 0.304 e. The molecule has 3 aromatic rings. The van der Waals surface area contributed by atoms with Crippen LogP contribution in [0.1, 0.15) is 68.5 Å². The Hall–Kier alpha value is -3.14. The van der Waals surface area contributed by atoms with E-state index in [4.69, 9.17) is 23.2 Å². The number of benzene rings is 3. The van der Waals surface area contributed by atoms with Gasteiger partial charge in [0, 0.05) is 16.0 Å². The van der Waals surface area contributed by atoms with Gasteiger partial charge in [-0.2, -0.15) is 0 Å². The van der Waals surface area contributed by atoms with Crippen LogP contribution in [-0.4, -0.2) is 48.1 Å². The normalized spacial score (nSPS) is 24.4. The predicted molar refractivity (Wildman–Crippen MR) is 172 cm³/mol. The van der Waals surface area contributed by atoms with Crippen LogP contribution in [0.25, 0.3) is 0 Å². The van der Waals surface area contributed by atoms with Gasteiger partial charge in [-0.15, -0.1) is 0 Å². The van der Waals surface area contributed by atoms with Crippen LogP contribution < -0.4 is 4.31 Å². The largest absolute Gasteiger partial charge is 0.481 e. The van der Waals surface area contributed by atoms with Gasteiger partial charge in [0.05, 0.1) is 41.4 Å². The maximum absolute atomic E-state index is 15.3. The van der Waals surface area contributed by atoms with E-state index in [1.54, 1.807) is 36.1 Å². The number of rotatable bonds is 11. The number of hydrogen-bond acceptors (Lipinski definition) is 4. The van der Waals surface area contributed by atoms with Gasteiger partial charge < -0.3 is 10.0 Å². The molecule has 2 saturated carbocycles. The minimum Gasteiger partial charge on any atom is -0.481 e. The number of para-hydroxylation sites is 1. The molecule has 3 fully saturated rings. The number of nitrogens with zero attached hydrogens (tertiary/aromatic N) is 2. The average molecular weight is 674 g/mol. The molecule has 1 unspecified atom stereocenters. The summed E-state index contributed by atoms with van der Waals surface area (Å²) in [6.45, 7) is 1.53. The van der Waals surface area contributed by atoms with E-state index in [9.17, 15) is 23.1 Å². The summed E-state index contributed by atoms with van der Waals surface area (Å²) in [6.07, 6.45) is 2.33. The number of likely N-dealkylation sites (tertiary alicyclic amines) is 1. The number of carbonyl (C=O) groups is 2. The first-order valence-corrected chi connectivity index (χ1v) is 17.5. The van der Waals surface area contributed by atoms with Crippen molar-refractivity contribution >= 4 is 50.8 Å². The number of sulfonamides is 1. The molecule has 1 heterocycles. The maximum atomic E-state index is 15.3. The third-order valence-corrected chi connectivity index (χ3v) is 12.1. The van der Waals surface area contributed by atoms with Crippen LogP contribution in [0.2, 0.25) is 10.0 Å². The Morgan fingerprint density at radius 3 is 2.29 bits per heavy atom. The summed E-state index contributed by atoms with van der Waals surface area (Å²) >= 11 is 12.7. The third kappa shape index (κ3) is 6.44. The van der Waals surface area contributed by atoms with Crippen LogP contribution in [-0.2, 0) is 19.6 Å². The highest BCUT2D eigenvalue weighted by atomic mass is 35.5. The highest BCUT2D eigenvalue weighted by molar-refractivity contribution is 7.93. The lowest BCUT2D eigenvalue weighted by atomic mass is 9.67. The molecule has 7 nitrogen and oxygen atoms in total. The second-order valence-corrected chi connectivity index (χ2v) is 15.8. The molecule has 0 bridgehead atoms. The lowest BCUT2D eigenvalue weighted by Gasteiger charge is -2.52. The van der Waals surface area contributed by atoms with Gasteiger partial charge in [-0.05, 0) is 85.5 Å². The van der Waals surface area contributed by atoms with Crippen molar-refractivity contribution in [2.75, 3.05) is 10.8 Å². The second kappa shape index (κ2) is 12.2. The summed E-state index contributed by atoms with van der Waals surface area (Å²) in [5.41, 5.74) is 0.265. The zero-order valence-electron chi connectivity index (χ0n) is 24.8. The van der Waals surface area contributed by atoms with E-state index >= 15 is 4.39 Å². The highest BCUT2D eigenvalue weighted by Gasteiger charge is 2.55. The smallest absolute Gasteiger partial charge is 0.304 e. The third-order valence-electron chi connectivity index (χ3n) is 9.38. The predicted octanol–water partition coefficient (Wildman–Crippen LogP) is 7.45. The minimum absolute atomic E-state index is 0.0535. The van der Waals surface area contributed by atoms with Crippen molar-refractivity contribution in [3.8, 4) is 0 Å². The van der Waals surface area contributed by atoms with Gasteiger partial charge in [0.15, 0.2) is 0 Å². The van der Waals surface area contributed by atoms with Crippen molar-refractivity contribution < 1.29 is 27.5 Å². The van der Waals surface area contributed by atoms with Crippen LogP contribution in [0.3, 0.4) is 0 Å². The van der Waals surface area contributed by atoms with Gasteiger partial charge in [-0.3, -0.25) is 13.9 Å². The monoisotopic (exact) mass is 672 g/mol. The Kier molecular flexibility index (Phi) is 8.65. The topological polar surface area (TPSA) is 95.0 Å². The van der Waals surface area contributed by atoms with E-state index in [1.165, 1.54) is 18.2 Å². The molecule has 6 rings (SSSR count). The number of hydrogen-bond donors (Lipinski definition) is 1. The van der Waals surface area contributed by atoms with E-state index in [2.05, 4.69) is 0 Å². The Balaban J connectivity index is 1.53. The molecular weight excluding hydrogens is 638 g/mol. The fraction of sp³-hybridized carbons (Fsp3) is 0.412. The molecule has 45 heavy (non-hydrogen) atoms. The molecule has 0 radical (unpaired) electrons. The van der Waals surface area contributed by atoms with Gasteiger partial charge in [0.1, 0.15) is 5.82 Å². The van der Waals surface area contributed by atoms with Gasteiger partial charge in [-0.25, -0.2) is 12.8 Å². The number of carbonyl (C=O) groups excluding carboxylic acids is 1. The van der Waals surface area contributed by atoms with Gasteiger partial charge in [-0.1, -0.05) is 66.5 Å². The van der Waals surface area contributed by atoms with Gasteiger partial charge in [0.25, 0.3) is 0 Å². The number of carboxylic acids is 1. The molecule has 2 aliphatic carbocycles. The van der Waals surface area contributed by atoms with E-state index in [1.807, 2.05) is 30.3 Å². The quantitative estimate of drug-likeness (QED) is 0.228. The number of piperidine rings is 1. The second-order valence-electron chi connectivity index (χ2n) is 12.8. The average Bonchev–Trinajstić information content (AvgIpc) is 3.90. The lowest BCUT2D eigenvalue weighted by Crippen LogP contribution is -2.59. The molecule has 1 saturated heterocycles. The first-order valence-electron chi connectivity index (χ1n) is 15.2. The Labute approximate surface area is 273 Å². The molecule has 3 aromatic carbocycles. The Morgan fingerprint density at radius 1 is 1.00 bits per heavy atom. The number of anilines is 1. The van der Waals surface area contributed by atoms with Crippen LogP contribution in [0.15, 0.2) is 72.8 Å². The Bertz CT molecular complexity index is 1710. The summed E-state index contributed by atoms with van der Waals surface area (Å²) in [7, 11) is -3.94. The first-order chi connectivity index (χ1) is 21.4. The van der Waals surface area contributed by atoms with E-state index in [0.717, 1.165) is 28.3 Å². The van der Waals surface area contributed by atoms with Crippen LogP contribution >= 0.6 is 23.2 Å². The number of halogens is 3. The van der Waals surface area contributed by atoms with Crippen molar-refractivity contribution in [2.45, 2.75) is 68.7 Å². The zero-order chi connectivity index (χ0) is 32.1. The molecule has 1 N–H and O–H groups in total. The first kappa shape index (κ1) is 31.8. The zero-order valence-corrected chi connectivity index (χ0v) is 27.1. The van der Waals surface area contributed by atoms with Crippen LogP contribution in [0.5, 0.6) is 0 Å². The van der Waals surface area contributed by atoms with Crippen molar-refractivity contribution in [3.05, 3.63) is 99.8 Å². The molecule has 1 amide bonds. The SMILES string of the molecule is C[C@]1(CC(=O)O)C[C@H](c2cccc(Cl)c2)C(c2ccc(Cl)cc2)N([C@H](CN(c2ccccc2F)S(=O)(=O)C2CC2)C2CC2)C1=O. The number of amides is 1. The van der Waals surface area contributed by atoms with Crippen LogP contribution in [0, 0.1) is 17.2 Å². The summed E-state index contributed by atoms with van der Waals surface area (Å²) in [5.74, 6) is -2.57. The van der Waals surface area contributed by atoms with E-state index < -0.39 is 51.0 Å². The summed E-state index contributed by atoms with van der Waals surface area (Å²) in [6, 6.07) is 19.1. The molecule has 11 heteroatoms. The number of aliphatic carboxylic acids is 1. The molecule has 0 aromatic heterocycles. The number of carboxylic acid groups (broad SMARTS) is 1. The molecular formula is C34H35Cl2FN2O5S. The van der Waals surface area contributed by atoms with Gasteiger partial charge >= 0.3 is 5.97 Å². The van der Waals surface area contributed by atoms with Crippen molar-refractivity contribution in [2.24, 2.45) is 11.3 Å². The molecule has 1 aliphatic heterocycles. The fourth-order valence-electron chi connectivity index (χ4n) is 6.90.